The number of rotatable bonds is 50. The molecule has 0 radical (unpaired) electrons. The minimum atomic E-state index is -0.632. The molecular weight excluding hydrogens is 801 g/mol. The Morgan fingerprint density at radius 1 is 0.431 bits per heavy atom. The molecule has 1 fully saturated rings. The number of carboxylic acid groups (broad SMARTS) is 1. The van der Waals surface area contributed by atoms with Crippen molar-refractivity contribution in [3.05, 3.63) is 0 Å². The van der Waals surface area contributed by atoms with Gasteiger partial charge in [0, 0.05) is 26.2 Å². The molecule has 1 aliphatic rings. The lowest BCUT2D eigenvalue weighted by Crippen LogP contribution is -2.46. The van der Waals surface area contributed by atoms with Crippen LogP contribution in [0.5, 0.6) is 0 Å². The lowest BCUT2D eigenvalue weighted by molar-refractivity contribution is -0.143. The maximum atomic E-state index is 14.0. The molecular formula is C58H116N4O3. The van der Waals surface area contributed by atoms with Crippen LogP contribution in [0.1, 0.15) is 285 Å². The van der Waals surface area contributed by atoms with Gasteiger partial charge in [-0.1, -0.05) is 227 Å². The number of nitrogens with zero attached hydrogens (tertiary/aromatic N) is 4. The van der Waals surface area contributed by atoms with E-state index in [4.69, 9.17) is 0 Å². The topological polar surface area (TPSA) is 67.3 Å². The zero-order chi connectivity index (χ0) is 47.3. The van der Waals surface area contributed by atoms with E-state index in [-0.39, 0.29) is 6.04 Å². The summed E-state index contributed by atoms with van der Waals surface area (Å²) in [5.41, 5.74) is 0. The Bertz CT molecular complexity index is 983. The number of aliphatic carboxylic acids is 1. The first-order valence-corrected chi connectivity index (χ1v) is 29.6. The van der Waals surface area contributed by atoms with Crippen molar-refractivity contribution in [2.45, 2.75) is 291 Å². The van der Waals surface area contributed by atoms with Crippen LogP contribution in [0.15, 0.2) is 0 Å². The summed E-state index contributed by atoms with van der Waals surface area (Å²) in [6.45, 7) is 21.0. The fourth-order valence-corrected chi connectivity index (χ4v) is 10.4. The second-order valence-electron chi connectivity index (χ2n) is 21.0. The van der Waals surface area contributed by atoms with Crippen LogP contribution in [0.4, 0.5) is 0 Å². The van der Waals surface area contributed by atoms with Gasteiger partial charge in [-0.15, -0.1) is 0 Å². The highest BCUT2D eigenvalue weighted by atomic mass is 16.4. The number of likely N-dealkylation sites (tertiary alicyclic amines) is 1. The molecule has 1 rings (SSSR count). The van der Waals surface area contributed by atoms with Crippen LogP contribution in [-0.2, 0) is 9.59 Å². The SMILES string of the molecule is CCCCCCCCCN(CCCCCCCCC)CCN(CCCCCCCCC)CC(=O)N1CCC(CCC(C(=O)O)N(CCCCCCCCC)CCCCCCCCC)CC1. The molecule has 1 aliphatic heterocycles. The van der Waals surface area contributed by atoms with Crippen molar-refractivity contribution in [1.82, 2.24) is 19.6 Å². The Labute approximate surface area is 407 Å². The van der Waals surface area contributed by atoms with Crippen LogP contribution < -0.4 is 0 Å². The highest BCUT2D eigenvalue weighted by Gasteiger charge is 2.29. The molecule has 7 nitrogen and oxygen atoms in total. The quantitative estimate of drug-likeness (QED) is 0.0613. The Balaban J connectivity index is 2.81. The predicted molar refractivity (Wildman–Crippen MR) is 284 cm³/mol. The summed E-state index contributed by atoms with van der Waals surface area (Å²) in [4.78, 5) is 36.6. The van der Waals surface area contributed by atoms with Gasteiger partial charge in [-0.2, -0.15) is 0 Å². The Hall–Kier alpha value is -1.18. The molecule has 1 amide bonds. The zero-order valence-electron chi connectivity index (χ0n) is 44.9. The van der Waals surface area contributed by atoms with Crippen molar-refractivity contribution in [3.63, 3.8) is 0 Å². The third-order valence-corrected chi connectivity index (χ3v) is 15.0. The predicted octanol–water partition coefficient (Wildman–Crippen LogP) is 16.1. The standard InChI is InChI=1S/C58H116N4O3/c1-6-11-16-21-26-31-36-45-59(46-37-32-27-22-17-12-7-2)52-53-60(47-38-33-28-23-18-13-8-3)54-57(63)62-50-43-55(44-51-62)41-42-56(58(64)65)61(48-39-34-29-24-19-14-9-4)49-40-35-30-25-20-15-10-5/h55-56H,6-54H2,1-5H3,(H,64,65). The minimum absolute atomic E-state index is 0.316. The van der Waals surface area contributed by atoms with E-state index >= 15 is 0 Å². The first-order valence-electron chi connectivity index (χ1n) is 29.6. The third-order valence-electron chi connectivity index (χ3n) is 15.0. The number of hydrogen-bond acceptors (Lipinski definition) is 5. The molecule has 1 atom stereocenters. The monoisotopic (exact) mass is 917 g/mol. The number of carbonyl (C=O) groups excluding carboxylic acids is 1. The molecule has 0 spiro atoms. The van der Waals surface area contributed by atoms with Crippen LogP contribution in [0.3, 0.4) is 0 Å². The first kappa shape index (κ1) is 61.8. The first-order chi connectivity index (χ1) is 31.9. The molecule has 1 unspecified atom stereocenters. The van der Waals surface area contributed by atoms with Crippen LogP contribution in [-0.4, -0.2) is 108 Å². The number of piperidine rings is 1. The smallest absolute Gasteiger partial charge is 0.320 e. The van der Waals surface area contributed by atoms with Gasteiger partial charge in [0.05, 0.1) is 6.54 Å². The summed E-state index contributed by atoms with van der Waals surface area (Å²) in [5.74, 6) is 0.194. The van der Waals surface area contributed by atoms with Gasteiger partial charge in [0.2, 0.25) is 5.91 Å². The summed E-state index contributed by atoms with van der Waals surface area (Å²) < 4.78 is 0. The van der Waals surface area contributed by atoms with E-state index in [0.29, 0.717) is 18.4 Å². The third kappa shape index (κ3) is 36.5. The Morgan fingerprint density at radius 2 is 0.738 bits per heavy atom. The summed E-state index contributed by atoms with van der Waals surface area (Å²) >= 11 is 0. The van der Waals surface area contributed by atoms with Gasteiger partial charge < -0.3 is 14.9 Å². The molecule has 0 bridgehead atoms. The Morgan fingerprint density at radius 3 is 1.09 bits per heavy atom. The lowest BCUT2D eigenvalue weighted by atomic mass is 9.90. The van der Waals surface area contributed by atoms with Crippen LogP contribution in [0.2, 0.25) is 0 Å². The maximum Gasteiger partial charge on any atom is 0.320 e. The van der Waals surface area contributed by atoms with E-state index in [0.717, 1.165) is 84.3 Å². The normalized spacial score (nSPS) is 14.1. The van der Waals surface area contributed by atoms with Gasteiger partial charge in [0.25, 0.3) is 0 Å². The van der Waals surface area contributed by atoms with Crippen LogP contribution in [0.25, 0.3) is 0 Å². The molecule has 0 saturated carbocycles. The zero-order valence-corrected chi connectivity index (χ0v) is 44.9. The van der Waals surface area contributed by atoms with Crippen molar-refractivity contribution in [2.75, 3.05) is 65.4 Å². The molecule has 65 heavy (non-hydrogen) atoms. The van der Waals surface area contributed by atoms with E-state index in [1.54, 1.807) is 0 Å². The summed E-state index contributed by atoms with van der Waals surface area (Å²) in [6, 6.07) is -0.383. The molecule has 1 heterocycles. The minimum Gasteiger partial charge on any atom is -0.480 e. The second kappa shape index (κ2) is 46.5. The molecule has 0 aromatic heterocycles. The van der Waals surface area contributed by atoms with E-state index in [9.17, 15) is 14.7 Å². The fourth-order valence-electron chi connectivity index (χ4n) is 10.4. The van der Waals surface area contributed by atoms with E-state index in [2.05, 4.69) is 54.2 Å². The van der Waals surface area contributed by atoms with Gasteiger partial charge in [0.1, 0.15) is 6.04 Å². The summed E-state index contributed by atoms with van der Waals surface area (Å²) in [7, 11) is 0. The van der Waals surface area contributed by atoms with Crippen molar-refractivity contribution in [3.8, 4) is 0 Å². The molecule has 7 heteroatoms. The number of carbonyl (C=O) groups is 2. The molecule has 0 aromatic carbocycles. The van der Waals surface area contributed by atoms with Gasteiger partial charge in [-0.25, -0.2) is 0 Å². The molecule has 0 aromatic rings. The van der Waals surface area contributed by atoms with Crippen molar-refractivity contribution in [1.29, 1.82) is 0 Å². The number of amides is 1. The van der Waals surface area contributed by atoms with Gasteiger partial charge in [-0.05, 0) is 96.4 Å². The average Bonchev–Trinajstić information content (AvgIpc) is 3.31. The Kier molecular flexibility index (Phi) is 44.3. The fraction of sp³-hybridized carbons (Fsp3) is 0.966. The lowest BCUT2D eigenvalue weighted by Gasteiger charge is -2.35. The molecule has 1 N–H and O–H groups in total. The van der Waals surface area contributed by atoms with E-state index in [1.807, 2.05) is 0 Å². The van der Waals surface area contributed by atoms with Crippen LogP contribution >= 0.6 is 0 Å². The largest absolute Gasteiger partial charge is 0.480 e. The number of hydrogen-bond donors (Lipinski definition) is 1. The highest BCUT2D eigenvalue weighted by Crippen LogP contribution is 2.25. The average molecular weight is 918 g/mol. The highest BCUT2D eigenvalue weighted by molar-refractivity contribution is 5.78. The summed E-state index contributed by atoms with van der Waals surface area (Å²) in [5, 5.41) is 10.6. The maximum absolute atomic E-state index is 14.0. The van der Waals surface area contributed by atoms with Gasteiger partial charge in [0.15, 0.2) is 0 Å². The molecule has 1 saturated heterocycles. The number of carboxylic acids is 1. The van der Waals surface area contributed by atoms with E-state index < -0.39 is 5.97 Å². The summed E-state index contributed by atoms with van der Waals surface area (Å²) in [6.07, 6.45) is 49.5. The molecule has 0 aliphatic carbocycles. The van der Waals surface area contributed by atoms with E-state index in [1.165, 1.54) is 225 Å². The van der Waals surface area contributed by atoms with Crippen molar-refractivity contribution in [2.24, 2.45) is 5.92 Å². The van der Waals surface area contributed by atoms with Gasteiger partial charge in [-0.3, -0.25) is 19.4 Å². The van der Waals surface area contributed by atoms with Gasteiger partial charge >= 0.3 is 5.97 Å². The van der Waals surface area contributed by atoms with Crippen LogP contribution in [0, 0.1) is 5.92 Å². The van der Waals surface area contributed by atoms with Crippen molar-refractivity contribution >= 4 is 11.9 Å². The molecule has 386 valence electrons. The second-order valence-corrected chi connectivity index (χ2v) is 21.0. The van der Waals surface area contributed by atoms with Crippen molar-refractivity contribution < 1.29 is 14.7 Å². The number of unbranched alkanes of at least 4 members (excludes halogenated alkanes) is 30.